The van der Waals surface area contributed by atoms with Gasteiger partial charge in [0.1, 0.15) is 55.9 Å². The number of rotatable bonds is 16. The normalized spacial score (nSPS) is 30.6. The van der Waals surface area contributed by atoms with E-state index in [4.69, 9.17) is 38.6 Å². The van der Waals surface area contributed by atoms with Gasteiger partial charge in [-0.05, 0) is 0 Å². The average Bonchev–Trinajstić information content (AvgIpc) is 2.98. The molecule has 0 spiro atoms. The lowest BCUT2D eigenvalue weighted by molar-refractivity contribution is -0.301. The highest BCUT2D eigenvalue weighted by molar-refractivity contribution is 5.88. The van der Waals surface area contributed by atoms with Crippen molar-refractivity contribution in [3.05, 3.63) is 36.5 Å². The second-order valence-electron chi connectivity index (χ2n) is 9.89. The second kappa shape index (κ2) is 17.5. The maximum absolute atomic E-state index is 12.5. The fraction of sp³-hybridized carbons (Fsp3) is 0.667. The second-order valence-corrected chi connectivity index (χ2v) is 9.89. The number of carbonyl (C=O) groups excluding carboxylic acids is 3. The quantitative estimate of drug-likeness (QED) is 0.0508. The lowest BCUT2D eigenvalue weighted by atomic mass is 9.99. The highest BCUT2D eigenvalue weighted by Crippen LogP contribution is 2.24. The zero-order valence-electron chi connectivity index (χ0n) is 23.5. The Kier molecular flexibility index (Phi) is 14.8. The fourth-order valence-electron chi connectivity index (χ4n) is 3.91. The highest BCUT2D eigenvalue weighted by Gasteiger charge is 2.45. The lowest BCUT2D eigenvalue weighted by Crippen LogP contribution is -2.59. The molecule has 2 saturated heterocycles. The number of aliphatic hydroxyl groups excluding tert-OH is 7. The van der Waals surface area contributed by atoms with Crippen molar-refractivity contribution in [1.82, 2.24) is 0 Å². The molecule has 0 saturated carbocycles. The number of carbonyl (C=O) groups is 3. The van der Waals surface area contributed by atoms with Gasteiger partial charge in [-0.25, -0.2) is 14.4 Å². The first-order valence-electron chi connectivity index (χ1n) is 13.4. The molecule has 0 aromatic rings. The fourth-order valence-corrected chi connectivity index (χ4v) is 3.91. The van der Waals surface area contributed by atoms with Crippen LogP contribution in [0.1, 0.15) is 19.3 Å². The molecule has 2 aliphatic heterocycles. The predicted octanol–water partition coefficient (Wildman–Crippen LogP) is -3.25. The summed E-state index contributed by atoms with van der Waals surface area (Å²) in [5.74, 6) is -2.61. The van der Waals surface area contributed by atoms with E-state index in [0.717, 1.165) is 0 Å². The molecule has 0 unspecified atom stereocenters. The van der Waals surface area contributed by atoms with Crippen molar-refractivity contribution >= 4 is 17.9 Å². The first-order valence-corrected chi connectivity index (χ1v) is 13.4. The molecule has 43 heavy (non-hydrogen) atoms. The van der Waals surface area contributed by atoms with Crippen molar-refractivity contribution in [2.45, 2.75) is 74.4 Å². The van der Waals surface area contributed by atoms with Crippen LogP contribution in [0, 0.1) is 0 Å². The Bertz CT molecular complexity index is 997. The van der Waals surface area contributed by atoms with Crippen LogP contribution < -0.4 is 0 Å². The van der Waals surface area contributed by atoms with Crippen molar-refractivity contribution in [3.8, 4) is 0 Å². The Morgan fingerprint density at radius 2 is 1.19 bits per heavy atom. The number of esters is 3. The Morgan fingerprint density at radius 3 is 1.74 bits per heavy atom. The van der Waals surface area contributed by atoms with Gasteiger partial charge in [0.2, 0.25) is 0 Å². The minimum absolute atomic E-state index is 0.00298. The summed E-state index contributed by atoms with van der Waals surface area (Å²) in [7, 11) is 0. The summed E-state index contributed by atoms with van der Waals surface area (Å²) in [6, 6.07) is 0. The third kappa shape index (κ3) is 10.4. The minimum Gasteiger partial charge on any atom is -0.459 e. The van der Waals surface area contributed by atoms with Crippen molar-refractivity contribution < 1.29 is 78.6 Å². The molecule has 2 fully saturated rings. The molecule has 2 aliphatic rings. The molecule has 16 nitrogen and oxygen atoms in total. The standard InChI is InChI=1S/C27H40O16/c1-13(4-7-28)24(35)40-10-16-19(30)20(31)17(11-39-16)42-26(37)15(3)6-9-38-27-23(34)22(33)21(32)18(43-27)12-41-25(36)14(2)5-8-29/h16-23,27-34H,1-12H2/t16-,17-,18+,19+,20-,21+,22-,23+,27+/m0/s1. The summed E-state index contributed by atoms with van der Waals surface area (Å²) in [4.78, 5) is 36.2. The van der Waals surface area contributed by atoms with E-state index in [1.54, 1.807) is 0 Å². The molecule has 0 aromatic heterocycles. The molecular formula is C27H40O16. The topological polar surface area (TPSA) is 248 Å². The van der Waals surface area contributed by atoms with E-state index in [1.807, 2.05) is 0 Å². The largest absolute Gasteiger partial charge is 0.459 e. The average molecular weight is 621 g/mol. The van der Waals surface area contributed by atoms with E-state index in [0.29, 0.717) is 0 Å². The van der Waals surface area contributed by atoms with Crippen LogP contribution in [-0.4, -0.2) is 148 Å². The molecule has 2 rings (SSSR count). The van der Waals surface area contributed by atoms with Gasteiger partial charge in [-0.3, -0.25) is 0 Å². The van der Waals surface area contributed by atoms with Gasteiger partial charge in [-0.1, -0.05) is 19.7 Å². The molecule has 0 aliphatic carbocycles. The molecule has 0 amide bonds. The third-order valence-corrected chi connectivity index (χ3v) is 6.65. The summed E-state index contributed by atoms with van der Waals surface area (Å²) in [6.45, 7) is 8.32. The summed E-state index contributed by atoms with van der Waals surface area (Å²) >= 11 is 0. The smallest absolute Gasteiger partial charge is 0.333 e. The molecular weight excluding hydrogens is 580 g/mol. The Morgan fingerprint density at radius 1 is 0.674 bits per heavy atom. The van der Waals surface area contributed by atoms with Gasteiger partial charge in [-0.15, -0.1) is 0 Å². The number of aliphatic hydroxyl groups is 7. The lowest BCUT2D eigenvalue weighted by Gasteiger charge is -2.40. The molecule has 16 heteroatoms. The van der Waals surface area contributed by atoms with Crippen LogP contribution in [0.15, 0.2) is 36.5 Å². The molecule has 7 N–H and O–H groups in total. The summed E-state index contributed by atoms with van der Waals surface area (Å²) in [5.41, 5.74) is -0.127. The van der Waals surface area contributed by atoms with E-state index in [9.17, 15) is 39.9 Å². The van der Waals surface area contributed by atoms with E-state index in [2.05, 4.69) is 19.7 Å². The van der Waals surface area contributed by atoms with Gasteiger partial charge in [0.05, 0.1) is 13.2 Å². The Labute approximate surface area is 247 Å². The number of ether oxygens (including phenoxy) is 6. The van der Waals surface area contributed by atoms with Gasteiger partial charge in [-0.2, -0.15) is 0 Å². The van der Waals surface area contributed by atoms with Gasteiger partial charge < -0.3 is 64.2 Å². The van der Waals surface area contributed by atoms with Crippen LogP contribution >= 0.6 is 0 Å². The van der Waals surface area contributed by atoms with Crippen LogP contribution in [-0.2, 0) is 42.8 Å². The van der Waals surface area contributed by atoms with E-state index < -0.39 is 86.2 Å². The van der Waals surface area contributed by atoms with Gasteiger partial charge in [0.25, 0.3) is 0 Å². The molecule has 9 atom stereocenters. The van der Waals surface area contributed by atoms with Crippen LogP contribution in [0.25, 0.3) is 0 Å². The van der Waals surface area contributed by atoms with E-state index in [-0.39, 0.29) is 62.4 Å². The van der Waals surface area contributed by atoms with Crippen LogP contribution in [0.5, 0.6) is 0 Å². The maximum Gasteiger partial charge on any atom is 0.333 e. The number of hydrogen-bond acceptors (Lipinski definition) is 16. The zero-order valence-corrected chi connectivity index (χ0v) is 23.5. The van der Waals surface area contributed by atoms with Crippen molar-refractivity contribution in [3.63, 3.8) is 0 Å². The van der Waals surface area contributed by atoms with E-state index in [1.165, 1.54) is 0 Å². The van der Waals surface area contributed by atoms with Crippen molar-refractivity contribution in [2.75, 3.05) is 39.6 Å². The monoisotopic (exact) mass is 620 g/mol. The minimum atomic E-state index is -1.72. The van der Waals surface area contributed by atoms with E-state index >= 15 is 0 Å². The predicted molar refractivity (Wildman–Crippen MR) is 142 cm³/mol. The Hall–Kier alpha value is -2.77. The molecule has 0 radical (unpaired) electrons. The van der Waals surface area contributed by atoms with Gasteiger partial charge >= 0.3 is 17.9 Å². The molecule has 244 valence electrons. The summed E-state index contributed by atoms with van der Waals surface area (Å²) < 4.78 is 31.3. The van der Waals surface area contributed by atoms with Crippen molar-refractivity contribution in [1.29, 1.82) is 0 Å². The van der Waals surface area contributed by atoms with Crippen LogP contribution in [0.4, 0.5) is 0 Å². The highest BCUT2D eigenvalue weighted by atomic mass is 16.7. The third-order valence-electron chi connectivity index (χ3n) is 6.65. The number of hydrogen-bond donors (Lipinski definition) is 7. The van der Waals surface area contributed by atoms with Crippen LogP contribution in [0.2, 0.25) is 0 Å². The summed E-state index contributed by atoms with van der Waals surface area (Å²) in [6.07, 6.45) is -13.6. The zero-order chi connectivity index (χ0) is 32.3. The first-order chi connectivity index (χ1) is 20.3. The first kappa shape index (κ1) is 36.4. The van der Waals surface area contributed by atoms with Gasteiger partial charge in [0.15, 0.2) is 12.4 Å². The van der Waals surface area contributed by atoms with Gasteiger partial charge in [0, 0.05) is 49.2 Å². The molecule has 2 heterocycles. The molecule has 0 aromatic carbocycles. The SMILES string of the molecule is C=C(CCO)C(=O)OC[C@@H]1OC[C@H](OC(=O)C(=C)CCO[C@@H]2O[C@H](COC(=O)C(=C)CCO)[C@@H](O)[C@H](O)[C@H]2O)[C@H](O)[C@@H]1O. The maximum atomic E-state index is 12.5. The Balaban J connectivity index is 1.80. The van der Waals surface area contributed by atoms with Crippen LogP contribution in [0.3, 0.4) is 0 Å². The summed E-state index contributed by atoms with van der Waals surface area (Å²) in [5, 5.41) is 69.0. The molecule has 0 bridgehead atoms. The van der Waals surface area contributed by atoms with Crippen molar-refractivity contribution in [2.24, 2.45) is 0 Å².